The summed E-state index contributed by atoms with van der Waals surface area (Å²) in [5, 5.41) is 1.99. The number of carbonyl (C=O) groups excluding carboxylic acids is 1. The molecule has 0 bridgehead atoms. The highest BCUT2D eigenvalue weighted by Gasteiger charge is 2.35. The van der Waals surface area contributed by atoms with Crippen LogP contribution in [0.5, 0.6) is 5.75 Å². The number of rotatable bonds is 6. The maximum absolute atomic E-state index is 13.0. The number of hydrogen-bond acceptors (Lipinski definition) is 5. The highest BCUT2D eigenvalue weighted by Crippen LogP contribution is 2.26. The molecule has 0 N–H and O–H groups in total. The average molecular weight is 436 g/mol. The van der Waals surface area contributed by atoms with E-state index in [1.807, 2.05) is 42.6 Å². The van der Waals surface area contributed by atoms with E-state index in [0.29, 0.717) is 18.7 Å². The number of benzene rings is 1. The normalized spacial score (nSPS) is 18.6. The second-order valence-corrected chi connectivity index (χ2v) is 11.9. The van der Waals surface area contributed by atoms with Crippen LogP contribution in [0.2, 0.25) is 0 Å². The van der Waals surface area contributed by atoms with Crippen LogP contribution >= 0.6 is 11.3 Å². The number of carbonyl (C=O) groups is 1. The van der Waals surface area contributed by atoms with Gasteiger partial charge >= 0.3 is 0 Å². The molecule has 1 aromatic carbocycles. The molecule has 0 spiro atoms. The maximum atomic E-state index is 13.0. The van der Waals surface area contributed by atoms with Crippen molar-refractivity contribution in [1.29, 1.82) is 0 Å². The van der Waals surface area contributed by atoms with Crippen molar-refractivity contribution >= 4 is 27.1 Å². The van der Waals surface area contributed by atoms with Crippen molar-refractivity contribution in [2.75, 3.05) is 18.1 Å². The summed E-state index contributed by atoms with van der Waals surface area (Å²) in [7, 11) is -3.08. The number of amides is 1. The van der Waals surface area contributed by atoms with E-state index in [1.165, 1.54) is 5.56 Å². The van der Waals surface area contributed by atoms with Gasteiger partial charge in [0.2, 0.25) is 0 Å². The Morgan fingerprint density at radius 2 is 1.90 bits per heavy atom. The number of ether oxygens (including phenoxy) is 1. The maximum Gasteiger partial charge on any atom is 0.261 e. The molecule has 1 atom stereocenters. The Bertz CT molecular complexity index is 955. The van der Waals surface area contributed by atoms with Crippen molar-refractivity contribution in [3.8, 4) is 5.75 Å². The SMILES string of the molecule is Cc1ccsc1CN(C(=O)COc1ccc(C(C)(C)C)cc1)[C@@H]1CCS(=O)(=O)C1. The Hall–Kier alpha value is -1.86. The number of aryl methyl sites for hydroxylation is 1. The zero-order valence-electron chi connectivity index (χ0n) is 17.5. The molecule has 0 radical (unpaired) electrons. The van der Waals surface area contributed by atoms with Crippen LogP contribution in [0.1, 0.15) is 43.2 Å². The van der Waals surface area contributed by atoms with E-state index in [2.05, 4.69) is 20.8 Å². The molecule has 3 rings (SSSR count). The van der Waals surface area contributed by atoms with Gasteiger partial charge in [-0.15, -0.1) is 11.3 Å². The predicted octanol–water partition coefficient (Wildman–Crippen LogP) is 3.95. The monoisotopic (exact) mass is 435 g/mol. The molecule has 158 valence electrons. The van der Waals surface area contributed by atoms with Crippen LogP contribution in [0.15, 0.2) is 35.7 Å². The largest absolute Gasteiger partial charge is 0.484 e. The van der Waals surface area contributed by atoms with Crippen LogP contribution in [0.3, 0.4) is 0 Å². The Morgan fingerprint density at radius 3 is 2.41 bits per heavy atom. The van der Waals surface area contributed by atoms with Crippen molar-refractivity contribution in [2.24, 2.45) is 0 Å². The van der Waals surface area contributed by atoms with Crippen LogP contribution in [-0.2, 0) is 26.6 Å². The highest BCUT2D eigenvalue weighted by molar-refractivity contribution is 7.91. The van der Waals surface area contributed by atoms with Crippen molar-refractivity contribution in [2.45, 2.75) is 52.1 Å². The van der Waals surface area contributed by atoms with Gasteiger partial charge in [-0.3, -0.25) is 4.79 Å². The number of thiophene rings is 1. The van der Waals surface area contributed by atoms with Crippen molar-refractivity contribution in [1.82, 2.24) is 4.90 Å². The summed E-state index contributed by atoms with van der Waals surface area (Å²) in [5.74, 6) is 0.626. The van der Waals surface area contributed by atoms with E-state index >= 15 is 0 Å². The summed E-state index contributed by atoms with van der Waals surface area (Å²) in [6.07, 6.45) is 0.485. The van der Waals surface area contributed by atoms with E-state index in [1.54, 1.807) is 16.2 Å². The van der Waals surface area contributed by atoms with E-state index in [9.17, 15) is 13.2 Å². The van der Waals surface area contributed by atoms with Crippen LogP contribution in [0, 0.1) is 6.92 Å². The summed E-state index contributed by atoms with van der Waals surface area (Å²) in [6, 6.07) is 9.50. The van der Waals surface area contributed by atoms with Crippen molar-refractivity contribution < 1.29 is 17.9 Å². The molecule has 0 saturated carbocycles. The summed E-state index contributed by atoms with van der Waals surface area (Å²) >= 11 is 1.59. The summed E-state index contributed by atoms with van der Waals surface area (Å²) < 4.78 is 29.7. The van der Waals surface area contributed by atoms with Crippen molar-refractivity contribution in [3.05, 3.63) is 51.7 Å². The van der Waals surface area contributed by atoms with E-state index in [4.69, 9.17) is 4.74 Å². The molecule has 1 aliphatic rings. The van der Waals surface area contributed by atoms with Gasteiger partial charge in [-0.25, -0.2) is 8.42 Å². The minimum Gasteiger partial charge on any atom is -0.484 e. The van der Waals surface area contributed by atoms with E-state index < -0.39 is 9.84 Å². The van der Waals surface area contributed by atoms with Gasteiger partial charge < -0.3 is 9.64 Å². The fraction of sp³-hybridized carbons (Fsp3) is 0.500. The molecule has 2 aromatic rings. The molecular formula is C22H29NO4S2. The van der Waals surface area contributed by atoms with E-state index in [0.717, 1.165) is 10.4 Å². The molecule has 29 heavy (non-hydrogen) atoms. The first-order valence-corrected chi connectivity index (χ1v) is 12.5. The van der Waals surface area contributed by atoms with Gasteiger partial charge in [0.1, 0.15) is 5.75 Å². The third-order valence-corrected chi connectivity index (χ3v) is 8.09. The van der Waals surface area contributed by atoms with Gasteiger partial charge in [0, 0.05) is 10.9 Å². The fourth-order valence-electron chi connectivity index (χ4n) is 3.44. The second-order valence-electron chi connectivity index (χ2n) is 8.67. The minimum absolute atomic E-state index is 0.0312. The number of hydrogen-bond donors (Lipinski definition) is 0. The topological polar surface area (TPSA) is 63.7 Å². The molecule has 0 aliphatic carbocycles. The van der Waals surface area contributed by atoms with Crippen LogP contribution < -0.4 is 4.74 Å². The van der Waals surface area contributed by atoms with Crippen LogP contribution in [-0.4, -0.2) is 43.4 Å². The predicted molar refractivity (Wildman–Crippen MR) is 117 cm³/mol. The highest BCUT2D eigenvalue weighted by atomic mass is 32.2. The standard InChI is InChI=1S/C22H29NO4S2/c1-16-9-11-28-20(16)13-23(18-10-12-29(25,26)15-18)21(24)14-27-19-7-5-17(6-8-19)22(2,3)4/h5-9,11,18H,10,12-15H2,1-4H3/t18-/m1/s1. The Kier molecular flexibility index (Phi) is 6.39. The van der Waals surface area contributed by atoms with Crippen LogP contribution in [0.4, 0.5) is 0 Å². The molecule has 2 heterocycles. The Labute approximate surface area is 177 Å². The molecule has 1 aromatic heterocycles. The van der Waals surface area contributed by atoms with Gasteiger partial charge in [-0.2, -0.15) is 0 Å². The first-order chi connectivity index (χ1) is 13.5. The molecular weight excluding hydrogens is 406 g/mol. The minimum atomic E-state index is -3.08. The molecule has 1 fully saturated rings. The van der Waals surface area contributed by atoms with Gasteiger partial charge in [0.15, 0.2) is 16.4 Å². The summed E-state index contributed by atoms with van der Waals surface area (Å²) in [4.78, 5) is 15.8. The third kappa shape index (κ3) is 5.60. The van der Waals surface area contributed by atoms with E-state index in [-0.39, 0.29) is 35.5 Å². The quantitative estimate of drug-likeness (QED) is 0.689. The van der Waals surface area contributed by atoms with Gasteiger partial charge in [-0.1, -0.05) is 32.9 Å². The molecule has 1 amide bonds. The Balaban J connectivity index is 1.70. The average Bonchev–Trinajstić information content (AvgIpc) is 3.21. The third-order valence-electron chi connectivity index (χ3n) is 5.33. The zero-order valence-corrected chi connectivity index (χ0v) is 19.1. The lowest BCUT2D eigenvalue weighted by Gasteiger charge is -2.28. The first-order valence-electron chi connectivity index (χ1n) is 9.81. The van der Waals surface area contributed by atoms with Crippen molar-refractivity contribution in [3.63, 3.8) is 0 Å². The van der Waals surface area contributed by atoms with Gasteiger partial charge in [0.25, 0.3) is 5.91 Å². The summed E-state index contributed by atoms with van der Waals surface area (Å²) in [6.45, 7) is 8.77. The molecule has 1 saturated heterocycles. The lowest BCUT2D eigenvalue weighted by atomic mass is 9.87. The molecule has 7 heteroatoms. The molecule has 0 unspecified atom stereocenters. The van der Waals surface area contributed by atoms with Gasteiger partial charge in [-0.05, 0) is 53.5 Å². The zero-order chi connectivity index (χ0) is 21.2. The lowest BCUT2D eigenvalue weighted by molar-refractivity contribution is -0.135. The second kappa shape index (κ2) is 8.48. The molecule has 5 nitrogen and oxygen atoms in total. The fourth-order valence-corrected chi connectivity index (χ4v) is 6.08. The lowest BCUT2D eigenvalue weighted by Crippen LogP contribution is -2.43. The number of sulfone groups is 1. The van der Waals surface area contributed by atoms with Gasteiger partial charge in [0.05, 0.1) is 18.1 Å². The molecule has 1 aliphatic heterocycles. The first kappa shape index (κ1) is 21.8. The number of nitrogens with zero attached hydrogens (tertiary/aromatic N) is 1. The smallest absolute Gasteiger partial charge is 0.261 e. The van der Waals surface area contributed by atoms with Crippen LogP contribution in [0.25, 0.3) is 0 Å². The summed E-state index contributed by atoms with van der Waals surface area (Å²) in [5.41, 5.74) is 2.37. The Morgan fingerprint density at radius 1 is 1.21 bits per heavy atom.